The summed E-state index contributed by atoms with van der Waals surface area (Å²) < 4.78 is 8.13. The number of benzene rings is 1. The maximum absolute atomic E-state index is 12.3. The summed E-state index contributed by atoms with van der Waals surface area (Å²) in [4.78, 5) is 18.5. The molecule has 146 valence electrons. The summed E-state index contributed by atoms with van der Waals surface area (Å²) in [6.07, 6.45) is 6.30. The van der Waals surface area contributed by atoms with Gasteiger partial charge in [-0.3, -0.25) is 0 Å². The second kappa shape index (κ2) is 7.20. The van der Waals surface area contributed by atoms with Crippen LogP contribution >= 0.6 is 15.9 Å². The predicted octanol–water partition coefficient (Wildman–Crippen LogP) is 4.88. The van der Waals surface area contributed by atoms with Crippen LogP contribution in [0.5, 0.6) is 0 Å². The molecule has 0 aliphatic carbocycles. The van der Waals surface area contributed by atoms with Crippen LogP contribution in [0.1, 0.15) is 38.7 Å². The van der Waals surface area contributed by atoms with Crippen LogP contribution in [0.2, 0.25) is 0 Å². The molecular weight excluding hydrogens is 420 g/mol. The highest BCUT2D eigenvalue weighted by Gasteiger charge is 2.30. The lowest BCUT2D eigenvalue weighted by molar-refractivity contribution is 0.0292. The van der Waals surface area contributed by atoms with Gasteiger partial charge in [-0.25, -0.2) is 14.3 Å². The summed E-state index contributed by atoms with van der Waals surface area (Å²) in [5.74, 6) is 0.337. The van der Waals surface area contributed by atoms with E-state index in [1.807, 2.05) is 33.2 Å². The lowest BCUT2D eigenvalue weighted by Crippen LogP contribution is -2.35. The summed E-state index contributed by atoms with van der Waals surface area (Å²) in [7, 11) is 0. The van der Waals surface area contributed by atoms with E-state index in [1.165, 1.54) is 5.56 Å². The summed E-state index contributed by atoms with van der Waals surface area (Å²) in [6, 6.07) is 8.49. The van der Waals surface area contributed by atoms with Crippen LogP contribution in [-0.2, 0) is 4.74 Å². The van der Waals surface area contributed by atoms with Gasteiger partial charge in [0.1, 0.15) is 5.60 Å². The van der Waals surface area contributed by atoms with Crippen molar-refractivity contribution in [3.63, 3.8) is 0 Å². The molecule has 1 atom stereocenters. The van der Waals surface area contributed by atoms with Crippen molar-refractivity contribution in [2.45, 2.75) is 38.7 Å². The van der Waals surface area contributed by atoms with Gasteiger partial charge in [0.15, 0.2) is 5.65 Å². The minimum absolute atomic E-state index is 0.226. The van der Waals surface area contributed by atoms with E-state index in [0.29, 0.717) is 12.5 Å². The minimum atomic E-state index is -0.462. The third-order valence-corrected chi connectivity index (χ3v) is 5.43. The number of aromatic nitrogens is 3. The largest absolute Gasteiger partial charge is 0.444 e. The second-order valence-electron chi connectivity index (χ2n) is 8.14. The molecule has 6 nitrogen and oxygen atoms in total. The number of rotatable bonds is 2. The number of fused-ring (bicyclic) bond motifs is 1. The van der Waals surface area contributed by atoms with Crippen LogP contribution in [0.15, 0.2) is 47.3 Å². The Labute approximate surface area is 172 Å². The molecule has 2 aromatic heterocycles. The zero-order valence-corrected chi connectivity index (χ0v) is 17.8. The number of nitrogens with zero attached hydrogens (tertiary/aromatic N) is 4. The number of carbonyl (C=O) groups is 1. The third kappa shape index (κ3) is 3.90. The Balaban J connectivity index is 1.46. The molecule has 3 heterocycles. The zero-order valence-electron chi connectivity index (χ0n) is 16.2. The van der Waals surface area contributed by atoms with Gasteiger partial charge in [-0.1, -0.05) is 24.3 Å². The van der Waals surface area contributed by atoms with Crippen LogP contribution in [0.4, 0.5) is 4.79 Å². The fraction of sp³-hybridized carbons (Fsp3) is 0.381. The SMILES string of the molecule is CC(C)(C)OC(=O)N1CCC(c2ccc(-c3cnc4c(Br)cnn4c3)cc2)C1. The first-order valence-electron chi connectivity index (χ1n) is 9.37. The Morgan fingerprint density at radius 2 is 1.93 bits per heavy atom. The smallest absolute Gasteiger partial charge is 0.410 e. The Morgan fingerprint density at radius 1 is 1.18 bits per heavy atom. The second-order valence-corrected chi connectivity index (χ2v) is 8.99. The minimum Gasteiger partial charge on any atom is -0.444 e. The summed E-state index contributed by atoms with van der Waals surface area (Å²) in [6.45, 7) is 7.11. The molecule has 28 heavy (non-hydrogen) atoms. The van der Waals surface area contributed by atoms with Crippen molar-refractivity contribution in [1.29, 1.82) is 0 Å². The van der Waals surface area contributed by atoms with Crippen LogP contribution in [0.3, 0.4) is 0 Å². The monoisotopic (exact) mass is 442 g/mol. The van der Waals surface area contributed by atoms with Crippen molar-refractivity contribution >= 4 is 27.7 Å². The Kier molecular flexibility index (Phi) is 4.87. The first-order valence-corrected chi connectivity index (χ1v) is 10.2. The Hall–Kier alpha value is -2.41. The lowest BCUT2D eigenvalue weighted by Gasteiger charge is -2.24. The fourth-order valence-electron chi connectivity index (χ4n) is 3.47. The normalized spacial score (nSPS) is 17.3. The van der Waals surface area contributed by atoms with Crippen LogP contribution in [-0.4, -0.2) is 44.3 Å². The van der Waals surface area contributed by atoms with E-state index in [1.54, 1.807) is 15.6 Å². The topological polar surface area (TPSA) is 59.7 Å². The fourth-order valence-corrected chi connectivity index (χ4v) is 3.84. The van der Waals surface area contributed by atoms with Gasteiger partial charge in [-0.15, -0.1) is 0 Å². The van der Waals surface area contributed by atoms with Crippen molar-refractivity contribution in [3.05, 3.63) is 52.9 Å². The van der Waals surface area contributed by atoms with E-state index >= 15 is 0 Å². The van der Waals surface area contributed by atoms with E-state index in [4.69, 9.17) is 4.74 Å². The van der Waals surface area contributed by atoms with Gasteiger partial charge in [0, 0.05) is 37.0 Å². The molecule has 4 rings (SSSR count). The molecule has 1 amide bonds. The molecule has 3 aromatic rings. The van der Waals surface area contributed by atoms with Crippen molar-refractivity contribution in [3.8, 4) is 11.1 Å². The number of carbonyl (C=O) groups excluding carboxylic acids is 1. The molecule has 1 aromatic carbocycles. The predicted molar refractivity (Wildman–Crippen MR) is 111 cm³/mol. The average Bonchev–Trinajstić information content (AvgIpc) is 3.28. The zero-order chi connectivity index (χ0) is 19.9. The summed E-state index contributed by atoms with van der Waals surface area (Å²) in [5.41, 5.74) is 3.68. The van der Waals surface area contributed by atoms with Crippen LogP contribution in [0.25, 0.3) is 16.8 Å². The van der Waals surface area contributed by atoms with E-state index in [0.717, 1.165) is 34.2 Å². The molecule has 1 unspecified atom stereocenters. The molecule has 0 saturated carbocycles. The van der Waals surface area contributed by atoms with Crippen molar-refractivity contribution in [1.82, 2.24) is 19.5 Å². The van der Waals surface area contributed by atoms with Gasteiger partial charge in [0.25, 0.3) is 0 Å². The molecule has 7 heteroatoms. The van der Waals surface area contributed by atoms with Crippen LogP contribution < -0.4 is 0 Å². The molecule has 1 aliphatic rings. The highest BCUT2D eigenvalue weighted by atomic mass is 79.9. The number of ether oxygens (including phenoxy) is 1. The first kappa shape index (κ1) is 18.9. The Morgan fingerprint density at radius 3 is 2.64 bits per heavy atom. The molecule has 0 bridgehead atoms. The quantitative estimate of drug-likeness (QED) is 0.566. The molecule has 1 saturated heterocycles. The van der Waals surface area contributed by atoms with E-state index in [2.05, 4.69) is 50.3 Å². The molecule has 0 spiro atoms. The summed E-state index contributed by atoms with van der Waals surface area (Å²) in [5, 5.41) is 4.29. The van der Waals surface area contributed by atoms with Crippen LogP contribution in [0, 0.1) is 0 Å². The molecule has 1 aliphatic heterocycles. The Bertz CT molecular complexity index is 1010. The standard InChI is InChI=1S/C21H23BrN4O2/c1-21(2,3)28-20(27)25-9-8-16(12-25)14-4-6-15(7-5-14)17-10-23-19-18(22)11-24-26(19)13-17/h4-7,10-11,13,16H,8-9,12H2,1-3H3. The van der Waals surface area contributed by atoms with Gasteiger partial charge < -0.3 is 9.64 Å². The lowest BCUT2D eigenvalue weighted by atomic mass is 9.96. The average molecular weight is 443 g/mol. The van der Waals surface area contributed by atoms with E-state index in [9.17, 15) is 4.79 Å². The van der Waals surface area contributed by atoms with Gasteiger partial charge in [-0.2, -0.15) is 5.10 Å². The van der Waals surface area contributed by atoms with E-state index in [-0.39, 0.29) is 6.09 Å². The third-order valence-electron chi connectivity index (χ3n) is 4.87. The molecule has 0 N–H and O–H groups in total. The molecular formula is C21H23BrN4O2. The number of hydrogen-bond acceptors (Lipinski definition) is 4. The molecule has 0 radical (unpaired) electrons. The van der Waals surface area contributed by atoms with Gasteiger partial charge >= 0.3 is 6.09 Å². The van der Waals surface area contributed by atoms with Crippen molar-refractivity contribution in [2.24, 2.45) is 0 Å². The number of hydrogen-bond donors (Lipinski definition) is 0. The first-order chi connectivity index (χ1) is 13.3. The number of amides is 1. The van der Waals surface area contributed by atoms with Gasteiger partial charge in [0.05, 0.1) is 10.7 Å². The number of likely N-dealkylation sites (tertiary alicyclic amines) is 1. The maximum atomic E-state index is 12.3. The van der Waals surface area contributed by atoms with Crippen molar-refractivity contribution < 1.29 is 9.53 Å². The maximum Gasteiger partial charge on any atom is 0.410 e. The highest BCUT2D eigenvalue weighted by Crippen LogP contribution is 2.30. The van der Waals surface area contributed by atoms with Gasteiger partial charge in [0.2, 0.25) is 0 Å². The highest BCUT2D eigenvalue weighted by molar-refractivity contribution is 9.10. The van der Waals surface area contributed by atoms with E-state index < -0.39 is 5.60 Å². The van der Waals surface area contributed by atoms with Crippen molar-refractivity contribution in [2.75, 3.05) is 13.1 Å². The number of halogens is 1. The van der Waals surface area contributed by atoms with Gasteiger partial charge in [-0.05, 0) is 54.2 Å². The summed E-state index contributed by atoms with van der Waals surface area (Å²) >= 11 is 3.44. The molecule has 1 fully saturated rings.